The number of benzene rings is 2. The summed E-state index contributed by atoms with van der Waals surface area (Å²) in [6.07, 6.45) is 18.9. The van der Waals surface area contributed by atoms with Crippen molar-refractivity contribution in [1.29, 1.82) is 0 Å². The van der Waals surface area contributed by atoms with Crippen molar-refractivity contribution in [3.8, 4) is 0 Å². The predicted octanol–water partition coefficient (Wildman–Crippen LogP) is 8.51. The highest BCUT2D eigenvalue weighted by atomic mass is 14.7. The Hall–Kier alpha value is -1.30. The molecule has 8 saturated carbocycles. The van der Waals surface area contributed by atoms with E-state index in [0.29, 0.717) is 10.8 Å². The van der Waals surface area contributed by atoms with Gasteiger partial charge in [0, 0.05) is 0 Å². The van der Waals surface area contributed by atoms with E-state index in [-0.39, 0.29) is 0 Å². The van der Waals surface area contributed by atoms with E-state index in [1.165, 1.54) is 30.4 Å². The van der Waals surface area contributed by atoms with Gasteiger partial charge in [-0.15, -0.1) is 0 Å². The monoisotopic (exact) mass is 424 g/mol. The summed E-state index contributed by atoms with van der Waals surface area (Å²) in [7, 11) is 0. The number of rotatable bonds is 2. The minimum absolute atomic E-state index is 0.465. The second-order valence-electron chi connectivity index (χ2n) is 14.1. The van der Waals surface area contributed by atoms with E-state index < -0.39 is 0 Å². The quantitative estimate of drug-likeness (QED) is 0.453. The van der Waals surface area contributed by atoms with E-state index in [1.54, 1.807) is 74.1 Å². The Labute approximate surface area is 194 Å². The fraction of sp³-hybridized carbons (Fsp3) is 0.688. The molecule has 0 amide bonds. The Bertz CT molecular complexity index is 1060. The molecule has 0 aromatic heterocycles. The first-order chi connectivity index (χ1) is 15.5. The number of fused-ring (bicyclic) bond motifs is 1. The Morgan fingerprint density at radius 3 is 1.81 bits per heavy atom. The van der Waals surface area contributed by atoms with E-state index in [0.717, 1.165) is 35.0 Å². The molecule has 2 atom stereocenters. The van der Waals surface area contributed by atoms with Crippen LogP contribution in [0.4, 0.5) is 0 Å². The molecular formula is C32H40. The summed E-state index contributed by atoms with van der Waals surface area (Å²) in [6.45, 7) is 4.66. The van der Waals surface area contributed by atoms with Crippen molar-refractivity contribution >= 4 is 10.8 Å². The second-order valence-corrected chi connectivity index (χ2v) is 14.1. The fourth-order valence-corrected chi connectivity index (χ4v) is 12.2. The van der Waals surface area contributed by atoms with Gasteiger partial charge in [-0.3, -0.25) is 0 Å². The first-order valence-corrected chi connectivity index (χ1v) is 14.0. The Morgan fingerprint density at radius 1 is 0.594 bits per heavy atom. The maximum Gasteiger partial charge on any atom is -0.00301 e. The van der Waals surface area contributed by atoms with E-state index in [9.17, 15) is 0 Å². The van der Waals surface area contributed by atoms with Crippen LogP contribution in [-0.2, 0) is 5.41 Å². The van der Waals surface area contributed by atoms with Crippen molar-refractivity contribution in [1.82, 2.24) is 0 Å². The molecule has 0 heterocycles. The van der Waals surface area contributed by atoms with E-state index >= 15 is 0 Å². The van der Waals surface area contributed by atoms with Gasteiger partial charge in [0.15, 0.2) is 0 Å². The second kappa shape index (κ2) is 6.03. The minimum atomic E-state index is 0.465. The van der Waals surface area contributed by atoms with Crippen LogP contribution in [0.3, 0.4) is 0 Å². The molecular weight excluding hydrogens is 384 g/mol. The highest BCUT2D eigenvalue weighted by Crippen LogP contribution is 2.77. The molecule has 32 heavy (non-hydrogen) atoms. The maximum atomic E-state index is 2.59. The minimum Gasteiger partial charge on any atom is -0.0614 e. The van der Waals surface area contributed by atoms with Crippen LogP contribution >= 0.6 is 0 Å². The average Bonchev–Trinajstić information content (AvgIpc) is 2.72. The highest BCUT2D eigenvalue weighted by Gasteiger charge is 2.67. The van der Waals surface area contributed by atoms with Gasteiger partial charge >= 0.3 is 0 Å². The SMILES string of the molecule is Cc1cccc2c(C34CC5CC(C3)CC(C36CC7CC(CC(C7)C3)C6)(C5)C4)ccc(C)c12. The third-order valence-electron chi connectivity index (χ3n) is 12.3. The first kappa shape index (κ1) is 19.1. The molecule has 8 fully saturated rings. The first-order valence-electron chi connectivity index (χ1n) is 14.0. The van der Waals surface area contributed by atoms with Crippen LogP contribution in [0.15, 0.2) is 30.3 Å². The molecule has 0 radical (unpaired) electrons. The topological polar surface area (TPSA) is 0 Å². The van der Waals surface area contributed by atoms with Crippen LogP contribution < -0.4 is 0 Å². The van der Waals surface area contributed by atoms with Crippen molar-refractivity contribution < 1.29 is 0 Å². The Balaban J connectivity index is 1.29. The molecule has 8 bridgehead atoms. The van der Waals surface area contributed by atoms with Crippen molar-refractivity contribution in [2.24, 2.45) is 40.4 Å². The predicted molar refractivity (Wildman–Crippen MR) is 133 cm³/mol. The number of aryl methyl sites for hydroxylation is 2. The molecule has 168 valence electrons. The van der Waals surface area contributed by atoms with Gasteiger partial charge in [-0.1, -0.05) is 30.3 Å². The lowest BCUT2D eigenvalue weighted by atomic mass is 9.32. The Kier molecular flexibility index (Phi) is 3.59. The van der Waals surface area contributed by atoms with Gasteiger partial charge in [-0.25, -0.2) is 0 Å². The van der Waals surface area contributed by atoms with Crippen LogP contribution in [0.1, 0.15) is 93.7 Å². The zero-order valence-corrected chi connectivity index (χ0v) is 20.3. The lowest BCUT2D eigenvalue weighted by Gasteiger charge is -2.72. The average molecular weight is 425 g/mol. The summed E-state index contributed by atoms with van der Waals surface area (Å²) in [5, 5.41) is 3.16. The lowest BCUT2D eigenvalue weighted by Crippen LogP contribution is -2.63. The normalized spacial score (nSPS) is 48.1. The number of hydrogen-bond acceptors (Lipinski definition) is 0. The largest absolute Gasteiger partial charge is 0.0614 e. The Morgan fingerprint density at radius 2 is 1.16 bits per heavy atom. The zero-order valence-electron chi connectivity index (χ0n) is 20.3. The molecule has 8 aliphatic carbocycles. The van der Waals surface area contributed by atoms with Crippen LogP contribution in [0.2, 0.25) is 0 Å². The standard InChI is InChI=1S/C32H40/c1-20-4-3-5-27-28(7-6-21(2)29(20)27)30-12-25-11-26(13-30)18-32(17-25,19-30)31-14-22-8-23(15-31)10-24(9-22)16-31/h3-7,22-26H,8-19H2,1-2H3. The molecule has 8 aliphatic rings. The fourth-order valence-electron chi connectivity index (χ4n) is 12.2. The van der Waals surface area contributed by atoms with Crippen molar-refractivity contribution in [3.63, 3.8) is 0 Å². The van der Waals surface area contributed by atoms with E-state index in [2.05, 4.69) is 44.2 Å². The third-order valence-corrected chi connectivity index (χ3v) is 12.3. The molecule has 10 rings (SSSR count). The molecule has 0 N–H and O–H groups in total. The van der Waals surface area contributed by atoms with Crippen LogP contribution in [0.5, 0.6) is 0 Å². The van der Waals surface area contributed by atoms with E-state index in [4.69, 9.17) is 0 Å². The molecule has 0 saturated heterocycles. The molecule has 0 aliphatic heterocycles. The summed E-state index contributed by atoms with van der Waals surface area (Å²) in [5.74, 6) is 5.28. The van der Waals surface area contributed by atoms with Gasteiger partial charge < -0.3 is 0 Å². The molecule has 0 heteroatoms. The molecule has 0 spiro atoms. The summed E-state index contributed by atoms with van der Waals surface area (Å²) in [6, 6.07) is 12.2. The highest BCUT2D eigenvalue weighted by molar-refractivity contribution is 5.92. The molecule has 0 nitrogen and oxygen atoms in total. The van der Waals surface area contributed by atoms with Crippen molar-refractivity contribution in [3.05, 3.63) is 47.0 Å². The van der Waals surface area contributed by atoms with Gasteiger partial charge in [-0.05, 0) is 164 Å². The summed E-state index contributed by atoms with van der Waals surface area (Å²) in [4.78, 5) is 0. The summed E-state index contributed by atoms with van der Waals surface area (Å²) < 4.78 is 0. The summed E-state index contributed by atoms with van der Waals surface area (Å²) in [5.41, 5.74) is 6.57. The maximum absolute atomic E-state index is 2.59. The van der Waals surface area contributed by atoms with Gasteiger partial charge in [0.05, 0.1) is 0 Å². The molecule has 2 aromatic rings. The van der Waals surface area contributed by atoms with Gasteiger partial charge in [0.25, 0.3) is 0 Å². The van der Waals surface area contributed by atoms with E-state index in [1.807, 2.05) is 0 Å². The third kappa shape index (κ3) is 2.31. The van der Waals surface area contributed by atoms with Crippen molar-refractivity contribution in [2.45, 2.75) is 96.3 Å². The van der Waals surface area contributed by atoms with Crippen LogP contribution in [0.25, 0.3) is 10.8 Å². The zero-order chi connectivity index (χ0) is 21.3. The molecule has 2 unspecified atom stereocenters. The van der Waals surface area contributed by atoms with Crippen molar-refractivity contribution in [2.75, 3.05) is 0 Å². The summed E-state index contributed by atoms with van der Waals surface area (Å²) >= 11 is 0. The van der Waals surface area contributed by atoms with Crippen LogP contribution in [-0.4, -0.2) is 0 Å². The number of hydrogen-bond donors (Lipinski definition) is 0. The van der Waals surface area contributed by atoms with Gasteiger partial charge in [0.2, 0.25) is 0 Å². The van der Waals surface area contributed by atoms with Crippen LogP contribution in [0, 0.1) is 54.3 Å². The van der Waals surface area contributed by atoms with Gasteiger partial charge in [-0.2, -0.15) is 0 Å². The molecule has 2 aromatic carbocycles. The lowest BCUT2D eigenvalue weighted by molar-refractivity contribution is -0.205. The smallest absolute Gasteiger partial charge is 0.00301 e. The van der Waals surface area contributed by atoms with Gasteiger partial charge in [0.1, 0.15) is 0 Å².